The molecule has 14 heteroatoms. The molecule has 2 N–H and O–H groups in total. The van der Waals surface area contributed by atoms with E-state index in [0.29, 0.717) is 0 Å². The van der Waals surface area contributed by atoms with Crippen LogP contribution in [0.15, 0.2) is 0 Å². The molecule has 0 aliphatic heterocycles. The van der Waals surface area contributed by atoms with E-state index in [1.165, 1.54) is 0 Å². The maximum Gasteiger partial charge on any atom is 0.509 e. The summed E-state index contributed by atoms with van der Waals surface area (Å²) in [6.07, 6.45) is -3.93. The third-order valence-electron chi connectivity index (χ3n) is 4.53. The fraction of sp³-hybridized carbons (Fsp3) is 0.808. The highest BCUT2D eigenvalue weighted by Gasteiger charge is 2.32. The van der Waals surface area contributed by atoms with Crippen molar-refractivity contribution in [1.29, 1.82) is 0 Å². The van der Waals surface area contributed by atoms with Crippen LogP contribution in [0.25, 0.3) is 0 Å². The molecule has 0 aromatic heterocycles. The van der Waals surface area contributed by atoms with Crippen LogP contribution in [0.1, 0.15) is 76.2 Å². The normalized spacial score (nSPS) is 14.8. The zero-order valence-electron chi connectivity index (χ0n) is 25.2. The molecular formula is C26H45IN2O11. The highest BCUT2D eigenvalue weighted by atomic mass is 127. The Morgan fingerprint density at radius 3 is 1.27 bits per heavy atom. The fourth-order valence-corrected chi connectivity index (χ4v) is 3.01. The quantitative estimate of drug-likeness (QED) is 0.129. The molecule has 40 heavy (non-hydrogen) atoms. The van der Waals surface area contributed by atoms with Gasteiger partial charge in [0.1, 0.15) is 36.5 Å². The highest BCUT2D eigenvalue weighted by molar-refractivity contribution is 14.1. The number of hydrogen-bond donors (Lipinski definition) is 2. The van der Waals surface area contributed by atoms with Gasteiger partial charge in [0.25, 0.3) is 0 Å². The van der Waals surface area contributed by atoms with Crippen LogP contribution >= 0.6 is 22.6 Å². The van der Waals surface area contributed by atoms with Crippen LogP contribution < -0.4 is 10.6 Å². The Bertz CT molecular complexity index is 806. The lowest BCUT2D eigenvalue weighted by atomic mass is 10.1. The summed E-state index contributed by atoms with van der Waals surface area (Å²) in [5.41, 5.74) is -1.55. The van der Waals surface area contributed by atoms with Gasteiger partial charge in [-0.15, -0.1) is 0 Å². The number of amides is 2. The Labute approximate surface area is 250 Å². The molecule has 3 unspecified atom stereocenters. The number of ether oxygens (including phenoxy) is 6. The van der Waals surface area contributed by atoms with E-state index in [2.05, 4.69) is 10.6 Å². The van der Waals surface area contributed by atoms with Gasteiger partial charge in [0.15, 0.2) is 10.2 Å². The topological polar surface area (TPSA) is 165 Å². The predicted molar refractivity (Wildman–Crippen MR) is 153 cm³/mol. The van der Waals surface area contributed by atoms with Crippen LogP contribution in [0, 0.1) is 11.8 Å². The van der Waals surface area contributed by atoms with Gasteiger partial charge in [-0.25, -0.2) is 24.0 Å². The Morgan fingerprint density at radius 2 is 1.00 bits per heavy atom. The summed E-state index contributed by atoms with van der Waals surface area (Å²) in [4.78, 5) is 62.1. The zero-order chi connectivity index (χ0) is 31.4. The van der Waals surface area contributed by atoms with Crippen molar-refractivity contribution in [2.75, 3.05) is 13.2 Å². The molecule has 2 amide bonds. The van der Waals surface area contributed by atoms with E-state index in [1.807, 2.05) is 22.6 Å². The van der Waals surface area contributed by atoms with Crippen molar-refractivity contribution in [3.05, 3.63) is 0 Å². The van der Waals surface area contributed by atoms with Crippen molar-refractivity contribution in [3.63, 3.8) is 0 Å². The van der Waals surface area contributed by atoms with Crippen LogP contribution in [0.4, 0.5) is 14.4 Å². The number of halogens is 1. The number of carbonyl (C=O) groups is 5. The largest absolute Gasteiger partial charge is 0.509 e. The minimum Gasteiger partial charge on any atom is -0.460 e. The third-order valence-corrected chi connectivity index (χ3v) is 4.78. The summed E-state index contributed by atoms with van der Waals surface area (Å²) in [6, 6.07) is -2.13. The Balaban J connectivity index is 5.45. The molecule has 0 saturated carbocycles. The highest BCUT2D eigenvalue weighted by Crippen LogP contribution is 2.13. The molecule has 0 spiro atoms. The Hall–Kier alpha value is -2.52. The van der Waals surface area contributed by atoms with E-state index in [4.69, 9.17) is 28.4 Å². The van der Waals surface area contributed by atoms with Gasteiger partial charge < -0.3 is 39.1 Å². The van der Waals surface area contributed by atoms with Gasteiger partial charge in [-0.3, -0.25) is 0 Å². The van der Waals surface area contributed by atoms with Gasteiger partial charge in [-0.2, -0.15) is 0 Å². The maximum absolute atomic E-state index is 12.8. The Morgan fingerprint density at radius 1 is 0.650 bits per heavy atom. The lowest BCUT2D eigenvalue weighted by Crippen LogP contribution is -2.48. The van der Waals surface area contributed by atoms with E-state index in [-0.39, 0.29) is 11.8 Å². The summed E-state index contributed by atoms with van der Waals surface area (Å²) >= 11 is 1.84. The van der Waals surface area contributed by atoms with Crippen LogP contribution in [0.2, 0.25) is 0 Å². The standard InChI is InChI=1S/C26H45IN2O11/c1-14(2)18(28-22(32)39-25(6,7)8)20(30)35-12-17(38-24(34)37-16(5)27)13-36-21(31)19(15(3)4)29-23(33)40-26(9,10)11/h14-19H,12-13H2,1-11H3,(H,28,32)(H,29,33)/t16?,17?,18-,19?/m0/s1. The van der Waals surface area contributed by atoms with E-state index in [1.54, 1.807) is 76.2 Å². The average Bonchev–Trinajstić information content (AvgIpc) is 2.73. The van der Waals surface area contributed by atoms with Crippen LogP contribution in [-0.2, 0) is 38.0 Å². The number of alkyl halides is 1. The fourth-order valence-electron chi connectivity index (χ4n) is 2.81. The lowest BCUT2D eigenvalue weighted by molar-refractivity contribution is -0.157. The van der Waals surface area contributed by atoms with Crippen molar-refractivity contribution in [2.45, 2.75) is 110 Å². The first-order valence-electron chi connectivity index (χ1n) is 12.9. The first kappa shape index (κ1) is 37.5. The molecule has 0 saturated heterocycles. The van der Waals surface area contributed by atoms with Gasteiger partial charge in [-0.1, -0.05) is 27.7 Å². The predicted octanol–water partition coefficient (Wildman–Crippen LogP) is 4.47. The lowest BCUT2D eigenvalue weighted by Gasteiger charge is -2.26. The number of hydrogen-bond acceptors (Lipinski definition) is 11. The number of alkyl carbamates (subject to hydrolysis) is 2. The average molecular weight is 689 g/mol. The number of esters is 2. The van der Waals surface area contributed by atoms with Crippen molar-refractivity contribution in [3.8, 4) is 0 Å². The third kappa shape index (κ3) is 17.2. The number of carbonyl (C=O) groups excluding carboxylic acids is 5. The molecule has 4 atom stereocenters. The second-order valence-electron chi connectivity index (χ2n) is 11.6. The molecule has 13 nitrogen and oxygen atoms in total. The number of nitrogens with one attached hydrogen (secondary N) is 2. The van der Waals surface area contributed by atoms with Gasteiger partial charge in [0.2, 0.25) is 0 Å². The molecule has 0 aliphatic carbocycles. The maximum atomic E-state index is 12.8. The van der Waals surface area contributed by atoms with Gasteiger partial charge in [0, 0.05) is 0 Å². The van der Waals surface area contributed by atoms with Crippen LogP contribution in [-0.4, -0.2) is 77.0 Å². The molecule has 0 bridgehead atoms. The van der Waals surface area contributed by atoms with Crippen LogP contribution in [0.5, 0.6) is 0 Å². The minimum atomic E-state index is -1.25. The van der Waals surface area contributed by atoms with Gasteiger partial charge in [0.05, 0.1) is 0 Å². The molecule has 0 fully saturated rings. The second-order valence-corrected chi connectivity index (χ2v) is 13.4. The number of rotatable bonds is 12. The van der Waals surface area contributed by atoms with E-state index < -0.39 is 77.0 Å². The summed E-state index contributed by atoms with van der Waals surface area (Å²) in [7, 11) is 0. The van der Waals surface area contributed by atoms with Crippen molar-refractivity contribution in [1.82, 2.24) is 10.6 Å². The zero-order valence-corrected chi connectivity index (χ0v) is 27.4. The first-order chi connectivity index (χ1) is 18.1. The van der Waals surface area contributed by atoms with E-state index in [9.17, 15) is 24.0 Å². The van der Waals surface area contributed by atoms with Gasteiger partial charge >= 0.3 is 30.3 Å². The molecule has 0 aromatic rings. The second kappa shape index (κ2) is 16.7. The summed E-state index contributed by atoms with van der Waals surface area (Å²) in [5, 5.41) is 4.94. The van der Waals surface area contributed by atoms with E-state index in [0.717, 1.165) is 0 Å². The minimum absolute atomic E-state index is 0.368. The first-order valence-corrected chi connectivity index (χ1v) is 14.2. The molecular weight excluding hydrogens is 643 g/mol. The molecule has 0 radical (unpaired) electrons. The summed E-state index contributed by atoms with van der Waals surface area (Å²) in [6.45, 7) is 17.5. The van der Waals surface area contributed by atoms with E-state index >= 15 is 0 Å². The van der Waals surface area contributed by atoms with Crippen molar-refractivity contribution >= 4 is 52.9 Å². The van der Waals surface area contributed by atoms with Crippen LogP contribution in [0.3, 0.4) is 0 Å². The van der Waals surface area contributed by atoms with Crippen molar-refractivity contribution < 1.29 is 52.4 Å². The monoisotopic (exact) mass is 688 g/mol. The smallest absolute Gasteiger partial charge is 0.460 e. The Kier molecular flexibility index (Phi) is 15.6. The molecule has 0 rings (SSSR count). The molecule has 232 valence electrons. The molecule has 0 aromatic carbocycles. The molecule has 0 heterocycles. The summed E-state index contributed by atoms with van der Waals surface area (Å²) in [5.74, 6) is -2.37. The SMILES string of the molecule is CC(I)OC(=O)OC(COC(=O)C(NC(=O)OC(C)(C)C)C(C)C)COC(=O)[C@@H](NC(=O)OC(C)(C)C)C(C)C. The van der Waals surface area contributed by atoms with Gasteiger partial charge in [-0.05, 0) is 82.9 Å². The summed E-state index contributed by atoms with van der Waals surface area (Å²) < 4.78 is 30.6. The van der Waals surface area contributed by atoms with Crippen molar-refractivity contribution in [2.24, 2.45) is 11.8 Å². The molecule has 0 aliphatic rings.